The maximum Gasteiger partial charge on any atom is 0.159 e. The molecule has 57 heavy (non-hydrogen) atoms. The average Bonchev–Trinajstić information content (AvgIpc) is 3.96. The second-order valence-electron chi connectivity index (χ2n) is 14.5. The minimum Gasteiger partial charge on any atom is -0.455 e. The van der Waals surface area contributed by atoms with Crippen LogP contribution in [-0.4, -0.2) is 16.2 Å². The largest absolute Gasteiger partial charge is 0.455 e. The summed E-state index contributed by atoms with van der Waals surface area (Å²) >= 11 is 0. The molecule has 0 saturated carbocycles. The first-order valence-electron chi connectivity index (χ1n) is 19.2. The minimum atomic E-state index is -0.285. The summed E-state index contributed by atoms with van der Waals surface area (Å²) in [5.41, 5.74) is 11.6. The highest BCUT2D eigenvalue weighted by Gasteiger charge is 2.24. The Kier molecular flexibility index (Phi) is 6.89. The third-order valence-electron chi connectivity index (χ3n) is 11.3. The van der Waals surface area contributed by atoms with Gasteiger partial charge in [0.1, 0.15) is 28.8 Å². The molecular weight excluding hydrogens is 701 g/mol. The molecule has 0 aliphatic carbocycles. The van der Waals surface area contributed by atoms with E-state index >= 15 is 0 Å². The van der Waals surface area contributed by atoms with Gasteiger partial charge in [-0.3, -0.25) is 0 Å². The van der Waals surface area contributed by atoms with Gasteiger partial charge in [0.2, 0.25) is 0 Å². The summed E-state index contributed by atoms with van der Waals surface area (Å²) in [6, 6.07) is 63.1. The standard InChI is InChI=1S/C51H32N4O2/c1-3-14-31(15-4-1)49-52-50(32-16-5-2-6-17-32)54-51(53-49)33-28-29-36-38-21-11-22-39(47(38)57-45(36)30-33)37-20-13-27-44-46(37)40-23-12-26-43(48(40)56-44)55-41-24-9-7-18-34(41)35-19-8-10-25-42(35)55/h1-30,49H,(H,52,53,54). The van der Waals surface area contributed by atoms with Crippen LogP contribution < -0.4 is 5.32 Å². The predicted octanol–water partition coefficient (Wildman–Crippen LogP) is 12.7. The Morgan fingerprint density at radius 2 is 1.12 bits per heavy atom. The van der Waals surface area contributed by atoms with Crippen LogP contribution in [0.5, 0.6) is 0 Å². The van der Waals surface area contributed by atoms with Gasteiger partial charge in [0.15, 0.2) is 11.4 Å². The van der Waals surface area contributed by atoms with Crippen LogP contribution in [0.2, 0.25) is 0 Å². The number of furan rings is 2. The number of benzene rings is 8. The van der Waals surface area contributed by atoms with Gasteiger partial charge in [0.05, 0.1) is 16.7 Å². The third-order valence-corrected chi connectivity index (χ3v) is 11.3. The lowest BCUT2D eigenvalue weighted by Crippen LogP contribution is -2.33. The second-order valence-corrected chi connectivity index (χ2v) is 14.5. The Morgan fingerprint density at radius 1 is 0.474 bits per heavy atom. The summed E-state index contributed by atoms with van der Waals surface area (Å²) in [5, 5.41) is 10.2. The molecule has 6 heteroatoms. The van der Waals surface area contributed by atoms with E-state index in [1.807, 2.05) is 36.4 Å². The van der Waals surface area contributed by atoms with E-state index in [-0.39, 0.29) is 6.17 Å². The zero-order valence-electron chi connectivity index (χ0n) is 30.6. The number of amidine groups is 2. The molecule has 1 aliphatic rings. The van der Waals surface area contributed by atoms with Crippen LogP contribution in [0.15, 0.2) is 201 Å². The minimum absolute atomic E-state index is 0.285. The van der Waals surface area contributed by atoms with Crippen molar-refractivity contribution < 1.29 is 8.83 Å². The monoisotopic (exact) mass is 732 g/mol. The van der Waals surface area contributed by atoms with Crippen LogP contribution in [0, 0.1) is 0 Å². The van der Waals surface area contributed by atoms with Crippen molar-refractivity contribution in [3.05, 3.63) is 199 Å². The molecule has 1 atom stereocenters. The zero-order valence-corrected chi connectivity index (χ0v) is 30.6. The van der Waals surface area contributed by atoms with Crippen LogP contribution in [0.25, 0.3) is 82.5 Å². The quantitative estimate of drug-likeness (QED) is 0.192. The first kappa shape index (κ1) is 31.6. The summed E-state index contributed by atoms with van der Waals surface area (Å²) < 4.78 is 16.0. The molecule has 4 heterocycles. The Bertz CT molecular complexity index is 3390. The molecule has 1 N–H and O–H groups in total. The molecule has 0 spiro atoms. The Labute approximate surface area is 326 Å². The van der Waals surface area contributed by atoms with Gasteiger partial charge >= 0.3 is 0 Å². The molecule has 0 amide bonds. The number of fused-ring (bicyclic) bond motifs is 9. The van der Waals surface area contributed by atoms with E-state index in [2.05, 4.69) is 155 Å². The van der Waals surface area contributed by atoms with Crippen molar-refractivity contribution in [2.75, 3.05) is 0 Å². The fourth-order valence-corrected chi connectivity index (χ4v) is 8.69. The van der Waals surface area contributed by atoms with Crippen LogP contribution in [0.1, 0.15) is 22.9 Å². The molecule has 0 saturated heterocycles. The summed E-state index contributed by atoms with van der Waals surface area (Å²) in [7, 11) is 0. The molecule has 268 valence electrons. The number of rotatable bonds is 5. The smallest absolute Gasteiger partial charge is 0.159 e. The molecule has 6 nitrogen and oxygen atoms in total. The maximum atomic E-state index is 6.86. The molecule has 0 radical (unpaired) electrons. The average molecular weight is 733 g/mol. The highest BCUT2D eigenvalue weighted by molar-refractivity contribution is 6.20. The van der Waals surface area contributed by atoms with Crippen molar-refractivity contribution in [1.29, 1.82) is 0 Å². The van der Waals surface area contributed by atoms with Gasteiger partial charge in [-0.15, -0.1) is 0 Å². The first-order chi connectivity index (χ1) is 28.3. The van der Waals surface area contributed by atoms with Crippen molar-refractivity contribution >= 4 is 77.4 Å². The highest BCUT2D eigenvalue weighted by Crippen LogP contribution is 2.44. The summed E-state index contributed by atoms with van der Waals surface area (Å²) in [6.07, 6.45) is -0.285. The lowest BCUT2D eigenvalue weighted by atomic mass is 9.97. The number of para-hydroxylation sites is 4. The van der Waals surface area contributed by atoms with Crippen molar-refractivity contribution in [3.8, 4) is 16.8 Å². The van der Waals surface area contributed by atoms with E-state index in [1.54, 1.807) is 0 Å². The van der Waals surface area contributed by atoms with Crippen LogP contribution in [0.3, 0.4) is 0 Å². The summed E-state index contributed by atoms with van der Waals surface area (Å²) in [5.74, 6) is 1.43. The van der Waals surface area contributed by atoms with E-state index < -0.39 is 0 Å². The number of hydrogen-bond donors (Lipinski definition) is 1. The Hall–Kier alpha value is -7.70. The molecule has 1 aliphatic heterocycles. The highest BCUT2D eigenvalue weighted by atomic mass is 16.3. The molecule has 12 rings (SSSR count). The fraction of sp³-hybridized carbons (Fsp3) is 0.0196. The van der Waals surface area contributed by atoms with Gasteiger partial charge in [-0.05, 0) is 47.5 Å². The molecule has 1 unspecified atom stereocenters. The van der Waals surface area contributed by atoms with Gasteiger partial charge in [-0.25, -0.2) is 9.98 Å². The van der Waals surface area contributed by atoms with Gasteiger partial charge < -0.3 is 18.7 Å². The van der Waals surface area contributed by atoms with Gasteiger partial charge in [-0.2, -0.15) is 0 Å². The van der Waals surface area contributed by atoms with Crippen LogP contribution in [-0.2, 0) is 0 Å². The van der Waals surface area contributed by atoms with E-state index in [1.165, 1.54) is 10.8 Å². The van der Waals surface area contributed by atoms with Gasteiger partial charge in [0.25, 0.3) is 0 Å². The molecule has 3 aromatic heterocycles. The summed E-state index contributed by atoms with van der Waals surface area (Å²) in [6.45, 7) is 0. The van der Waals surface area contributed by atoms with Crippen molar-refractivity contribution in [3.63, 3.8) is 0 Å². The van der Waals surface area contributed by atoms with Gasteiger partial charge in [0, 0.05) is 49.0 Å². The number of aromatic nitrogens is 1. The van der Waals surface area contributed by atoms with Crippen molar-refractivity contribution in [2.24, 2.45) is 9.98 Å². The molecule has 0 fully saturated rings. The Morgan fingerprint density at radius 3 is 1.93 bits per heavy atom. The molecule has 11 aromatic rings. The van der Waals surface area contributed by atoms with E-state index in [0.717, 1.165) is 94.3 Å². The molecule has 8 aromatic carbocycles. The lowest BCUT2D eigenvalue weighted by molar-refractivity contribution is 0.666. The van der Waals surface area contributed by atoms with E-state index in [0.29, 0.717) is 5.84 Å². The Balaban J connectivity index is 1.02. The molecule has 0 bridgehead atoms. The van der Waals surface area contributed by atoms with E-state index in [4.69, 9.17) is 18.8 Å². The van der Waals surface area contributed by atoms with Crippen molar-refractivity contribution in [2.45, 2.75) is 6.17 Å². The number of nitrogens with one attached hydrogen (secondary N) is 1. The SMILES string of the molecule is c1ccc(C2=NC(c3ccc4c(c3)oc3c(-c5cccc6oc7c(-n8c9ccccc9c9ccccc98)cccc7c56)cccc34)=NC(c3ccccc3)N2)cc1. The molecular formula is C51H32N4O2. The van der Waals surface area contributed by atoms with Crippen molar-refractivity contribution in [1.82, 2.24) is 9.88 Å². The number of nitrogens with zero attached hydrogens (tertiary/aromatic N) is 3. The number of hydrogen-bond acceptors (Lipinski definition) is 5. The zero-order chi connectivity index (χ0) is 37.5. The maximum absolute atomic E-state index is 6.86. The topological polar surface area (TPSA) is 68.0 Å². The third kappa shape index (κ3) is 4.90. The van der Waals surface area contributed by atoms with Crippen LogP contribution in [0.4, 0.5) is 0 Å². The normalized spacial score (nSPS) is 14.5. The number of aliphatic imine (C=N–C) groups is 2. The van der Waals surface area contributed by atoms with Crippen LogP contribution >= 0.6 is 0 Å². The predicted molar refractivity (Wildman–Crippen MR) is 233 cm³/mol. The fourth-order valence-electron chi connectivity index (χ4n) is 8.69. The second kappa shape index (κ2) is 12.4. The van der Waals surface area contributed by atoms with Gasteiger partial charge in [-0.1, -0.05) is 146 Å². The lowest BCUT2D eigenvalue weighted by Gasteiger charge is -2.23. The summed E-state index contributed by atoms with van der Waals surface area (Å²) in [4.78, 5) is 10.1. The first-order valence-corrected chi connectivity index (χ1v) is 19.2. The van der Waals surface area contributed by atoms with E-state index in [9.17, 15) is 0 Å².